The maximum atomic E-state index is 5.56. The van der Waals surface area contributed by atoms with Crippen molar-refractivity contribution in [2.24, 2.45) is 0 Å². The number of benzene rings is 1. The third-order valence-electron chi connectivity index (χ3n) is 3.07. The summed E-state index contributed by atoms with van der Waals surface area (Å²) in [7, 11) is 3.45. The molecule has 80 valence electrons. The molecule has 2 nitrogen and oxygen atoms in total. The predicted molar refractivity (Wildman–Crippen MR) is 59.7 cm³/mol. The summed E-state index contributed by atoms with van der Waals surface area (Å²) in [5, 5.41) is 0. The lowest BCUT2D eigenvalue weighted by Crippen LogP contribution is -2.27. The number of hydrogen-bond donors (Lipinski definition) is 0. The zero-order chi connectivity index (χ0) is 10.9. The molecule has 0 fully saturated rings. The molecule has 0 radical (unpaired) electrons. The van der Waals surface area contributed by atoms with Gasteiger partial charge in [-0.05, 0) is 24.1 Å². The minimum Gasteiger partial charge on any atom is -0.373 e. The van der Waals surface area contributed by atoms with E-state index in [1.54, 1.807) is 14.2 Å². The first kappa shape index (κ1) is 10.4. The fraction of sp³-hybridized carbons (Fsp3) is 0.385. The summed E-state index contributed by atoms with van der Waals surface area (Å²) in [5.41, 5.74) is 2.04. The molecule has 1 aromatic carbocycles. The second kappa shape index (κ2) is 3.80. The highest BCUT2D eigenvalue weighted by molar-refractivity contribution is 5.42. The molecule has 1 aromatic rings. The quantitative estimate of drug-likeness (QED) is 0.690. The predicted octanol–water partition coefficient (Wildman–Crippen LogP) is 2.81. The summed E-state index contributed by atoms with van der Waals surface area (Å²) in [6, 6.07) is 8.24. The van der Waals surface area contributed by atoms with Crippen molar-refractivity contribution in [2.45, 2.75) is 18.6 Å². The Kier molecular flexibility index (Phi) is 2.63. The minimum atomic E-state index is -0.328. The van der Waals surface area contributed by atoms with Crippen LogP contribution < -0.4 is 0 Å². The Morgan fingerprint density at radius 2 is 1.93 bits per heavy atom. The Labute approximate surface area is 90.5 Å². The van der Waals surface area contributed by atoms with Crippen LogP contribution in [0, 0.1) is 0 Å². The van der Waals surface area contributed by atoms with Gasteiger partial charge in [-0.1, -0.05) is 30.3 Å². The summed E-state index contributed by atoms with van der Waals surface area (Å²) in [6.45, 7) is 2.06. The zero-order valence-electron chi connectivity index (χ0n) is 9.36. The van der Waals surface area contributed by atoms with Gasteiger partial charge < -0.3 is 9.47 Å². The third-order valence-corrected chi connectivity index (χ3v) is 3.07. The van der Waals surface area contributed by atoms with E-state index in [1.165, 1.54) is 11.1 Å². The highest BCUT2D eigenvalue weighted by atomic mass is 16.5. The highest BCUT2D eigenvalue weighted by Crippen LogP contribution is 2.38. The normalized spacial score (nSPS) is 28.9. The van der Waals surface area contributed by atoms with Crippen LogP contribution >= 0.6 is 0 Å². The van der Waals surface area contributed by atoms with Gasteiger partial charge in [0.1, 0.15) is 11.7 Å². The Bertz CT molecular complexity index is 384. The molecule has 0 saturated carbocycles. The van der Waals surface area contributed by atoms with Crippen molar-refractivity contribution in [3.63, 3.8) is 0 Å². The second-order valence-electron chi connectivity index (χ2n) is 3.91. The maximum absolute atomic E-state index is 5.56. The number of fused-ring (bicyclic) bond motifs is 1. The molecular formula is C13H16O2. The van der Waals surface area contributed by atoms with Crippen molar-refractivity contribution in [3.05, 3.63) is 47.5 Å². The number of rotatable bonds is 2. The molecule has 0 saturated heterocycles. The molecule has 2 heteroatoms. The Balaban J connectivity index is 2.54. The van der Waals surface area contributed by atoms with Crippen LogP contribution in [-0.4, -0.2) is 14.2 Å². The summed E-state index contributed by atoms with van der Waals surface area (Å²) >= 11 is 0. The first-order valence-electron chi connectivity index (χ1n) is 5.08. The van der Waals surface area contributed by atoms with E-state index in [0.717, 1.165) is 0 Å². The van der Waals surface area contributed by atoms with E-state index in [2.05, 4.69) is 25.1 Å². The zero-order valence-corrected chi connectivity index (χ0v) is 9.36. The molecule has 0 amide bonds. The Morgan fingerprint density at radius 1 is 1.20 bits per heavy atom. The van der Waals surface area contributed by atoms with Gasteiger partial charge in [0.15, 0.2) is 0 Å². The molecule has 0 bridgehead atoms. The van der Waals surface area contributed by atoms with Crippen molar-refractivity contribution in [2.75, 3.05) is 14.2 Å². The van der Waals surface area contributed by atoms with Crippen LogP contribution in [0.15, 0.2) is 36.4 Å². The van der Waals surface area contributed by atoms with Gasteiger partial charge in [0.05, 0.1) is 0 Å². The van der Waals surface area contributed by atoms with E-state index in [4.69, 9.17) is 9.47 Å². The van der Waals surface area contributed by atoms with Gasteiger partial charge in [-0.15, -0.1) is 0 Å². The summed E-state index contributed by atoms with van der Waals surface area (Å²) in [6.07, 6.45) is 4.15. The van der Waals surface area contributed by atoms with Crippen molar-refractivity contribution >= 4 is 0 Å². The van der Waals surface area contributed by atoms with Crippen LogP contribution in [0.5, 0.6) is 0 Å². The smallest absolute Gasteiger partial charge is 0.108 e. The average molecular weight is 204 g/mol. The molecule has 2 rings (SSSR count). The topological polar surface area (TPSA) is 18.5 Å². The van der Waals surface area contributed by atoms with Crippen LogP contribution in [0.25, 0.3) is 0 Å². The monoisotopic (exact) mass is 204 g/mol. The molecule has 0 aromatic heterocycles. The third kappa shape index (κ3) is 1.60. The van der Waals surface area contributed by atoms with E-state index in [-0.39, 0.29) is 11.7 Å². The van der Waals surface area contributed by atoms with E-state index in [9.17, 15) is 0 Å². The largest absolute Gasteiger partial charge is 0.373 e. The van der Waals surface area contributed by atoms with Crippen molar-refractivity contribution in [3.8, 4) is 0 Å². The first-order chi connectivity index (χ1) is 7.21. The fourth-order valence-electron chi connectivity index (χ4n) is 2.05. The maximum Gasteiger partial charge on any atom is 0.108 e. The van der Waals surface area contributed by atoms with Crippen molar-refractivity contribution in [1.29, 1.82) is 0 Å². The van der Waals surface area contributed by atoms with E-state index >= 15 is 0 Å². The standard InChI is InChI=1S/C13H16O2/c1-13(15-3)9-8-12(14-2)10-6-4-5-7-11(10)13/h4-9,12H,1-3H3/t12-,13-/m1/s1. The molecule has 0 unspecified atom stereocenters. The van der Waals surface area contributed by atoms with E-state index < -0.39 is 0 Å². The SMILES string of the molecule is CO[C@@H]1C=C[C@@](C)(OC)c2ccccc21. The molecule has 0 N–H and O–H groups in total. The van der Waals surface area contributed by atoms with Gasteiger partial charge in [-0.3, -0.25) is 0 Å². The molecule has 1 aliphatic rings. The summed E-state index contributed by atoms with van der Waals surface area (Å²) < 4.78 is 11.0. The number of ether oxygens (including phenoxy) is 2. The number of methoxy groups -OCH3 is 2. The molecule has 0 heterocycles. The summed E-state index contributed by atoms with van der Waals surface area (Å²) in [5.74, 6) is 0. The average Bonchev–Trinajstić information content (AvgIpc) is 2.30. The van der Waals surface area contributed by atoms with Crippen LogP contribution in [0.1, 0.15) is 24.2 Å². The highest BCUT2D eigenvalue weighted by Gasteiger charge is 2.31. The van der Waals surface area contributed by atoms with Crippen molar-refractivity contribution in [1.82, 2.24) is 0 Å². The van der Waals surface area contributed by atoms with Gasteiger partial charge >= 0.3 is 0 Å². The lowest BCUT2D eigenvalue weighted by Gasteiger charge is -2.33. The lowest BCUT2D eigenvalue weighted by atomic mass is 9.84. The molecule has 0 aliphatic heterocycles. The van der Waals surface area contributed by atoms with Gasteiger partial charge in [-0.2, -0.15) is 0 Å². The molecular weight excluding hydrogens is 188 g/mol. The Hall–Kier alpha value is -1.12. The molecule has 2 atom stereocenters. The van der Waals surface area contributed by atoms with E-state index in [0.29, 0.717) is 0 Å². The van der Waals surface area contributed by atoms with Gasteiger partial charge in [0, 0.05) is 14.2 Å². The van der Waals surface area contributed by atoms with Gasteiger partial charge in [0.25, 0.3) is 0 Å². The Morgan fingerprint density at radius 3 is 2.60 bits per heavy atom. The van der Waals surface area contributed by atoms with Crippen LogP contribution in [0.3, 0.4) is 0 Å². The second-order valence-corrected chi connectivity index (χ2v) is 3.91. The molecule has 0 spiro atoms. The van der Waals surface area contributed by atoms with Crippen LogP contribution in [0.2, 0.25) is 0 Å². The molecule has 1 aliphatic carbocycles. The number of hydrogen-bond acceptors (Lipinski definition) is 2. The molecule has 15 heavy (non-hydrogen) atoms. The van der Waals surface area contributed by atoms with Gasteiger partial charge in [0.2, 0.25) is 0 Å². The van der Waals surface area contributed by atoms with Gasteiger partial charge in [-0.25, -0.2) is 0 Å². The lowest BCUT2D eigenvalue weighted by molar-refractivity contribution is 0.0352. The van der Waals surface area contributed by atoms with Crippen molar-refractivity contribution < 1.29 is 9.47 Å². The van der Waals surface area contributed by atoms with E-state index in [1.807, 2.05) is 18.2 Å². The fourth-order valence-corrected chi connectivity index (χ4v) is 2.05. The first-order valence-corrected chi connectivity index (χ1v) is 5.08. The minimum absolute atomic E-state index is 0.0458. The van der Waals surface area contributed by atoms with Crippen LogP contribution in [0.4, 0.5) is 0 Å². The summed E-state index contributed by atoms with van der Waals surface area (Å²) in [4.78, 5) is 0. The van der Waals surface area contributed by atoms with Crippen LogP contribution in [-0.2, 0) is 15.1 Å².